The molecule has 0 saturated heterocycles. The Hall–Kier alpha value is -3.16. The van der Waals surface area contributed by atoms with Crippen LogP contribution in [-0.4, -0.2) is 30.2 Å². The van der Waals surface area contributed by atoms with E-state index in [1.165, 1.54) is 11.3 Å². The van der Waals surface area contributed by atoms with E-state index in [-0.39, 0.29) is 12.2 Å². The molecule has 4 rings (SSSR count). The average Bonchev–Trinajstić information content (AvgIpc) is 3.15. The molecule has 2 aromatic carbocycles. The topological polar surface area (TPSA) is 63.9 Å². The lowest BCUT2D eigenvalue weighted by atomic mass is 9.96. The molecule has 3 aromatic rings. The van der Waals surface area contributed by atoms with Gasteiger partial charge in [-0.15, -0.1) is 0 Å². The van der Waals surface area contributed by atoms with Crippen LogP contribution in [-0.2, 0) is 9.53 Å². The van der Waals surface area contributed by atoms with Gasteiger partial charge in [-0.3, -0.25) is 9.36 Å². The molecular weight excluding hydrogens is 482 g/mol. The number of nitrogens with zero attached hydrogens (tertiary/aromatic N) is 3. The lowest BCUT2D eigenvalue weighted by Crippen LogP contribution is -2.39. The normalized spacial score (nSPS) is 15.6. The van der Waals surface area contributed by atoms with Crippen LogP contribution >= 0.6 is 22.9 Å². The lowest BCUT2D eigenvalue weighted by molar-refractivity contribution is -0.139. The van der Waals surface area contributed by atoms with Crippen molar-refractivity contribution < 1.29 is 9.53 Å². The minimum absolute atomic E-state index is 0.198. The number of halogens is 1. The van der Waals surface area contributed by atoms with Crippen LogP contribution in [0.4, 0.5) is 5.69 Å². The number of benzene rings is 2. The molecule has 0 aliphatic carbocycles. The van der Waals surface area contributed by atoms with E-state index in [0.29, 0.717) is 25.6 Å². The molecule has 182 valence electrons. The van der Waals surface area contributed by atoms with E-state index < -0.39 is 12.0 Å². The van der Waals surface area contributed by atoms with Crippen molar-refractivity contribution in [3.8, 4) is 0 Å². The Balaban J connectivity index is 1.85. The number of ether oxygens (including phenoxy) is 1. The van der Waals surface area contributed by atoms with Gasteiger partial charge in [0.25, 0.3) is 5.56 Å². The van der Waals surface area contributed by atoms with E-state index in [4.69, 9.17) is 16.3 Å². The molecule has 0 unspecified atom stereocenters. The van der Waals surface area contributed by atoms with Crippen molar-refractivity contribution in [3.63, 3.8) is 0 Å². The first-order valence-electron chi connectivity index (χ1n) is 11.7. The second-order valence-corrected chi connectivity index (χ2v) is 9.56. The summed E-state index contributed by atoms with van der Waals surface area (Å²) in [4.78, 5) is 34.0. The van der Waals surface area contributed by atoms with Gasteiger partial charge in [-0.1, -0.05) is 47.2 Å². The highest BCUT2D eigenvalue weighted by Gasteiger charge is 2.33. The molecular formula is C27H28ClN3O3S. The van der Waals surface area contributed by atoms with Gasteiger partial charge < -0.3 is 9.64 Å². The van der Waals surface area contributed by atoms with Gasteiger partial charge in [-0.25, -0.2) is 9.79 Å². The molecule has 8 heteroatoms. The highest BCUT2D eigenvalue weighted by molar-refractivity contribution is 7.07. The van der Waals surface area contributed by atoms with Crippen molar-refractivity contribution in [1.82, 2.24) is 4.57 Å². The molecule has 0 bridgehead atoms. The first kappa shape index (κ1) is 24.9. The summed E-state index contributed by atoms with van der Waals surface area (Å²) in [5, 5.41) is 0.577. The summed E-state index contributed by atoms with van der Waals surface area (Å²) in [5.41, 5.74) is 3.54. The minimum atomic E-state index is -0.644. The minimum Gasteiger partial charge on any atom is -0.463 e. The molecule has 1 aliphatic rings. The van der Waals surface area contributed by atoms with E-state index in [9.17, 15) is 9.59 Å². The predicted molar refractivity (Wildman–Crippen MR) is 142 cm³/mol. The lowest BCUT2D eigenvalue weighted by Gasteiger charge is -2.24. The molecule has 1 aromatic heterocycles. The predicted octanol–water partition coefficient (Wildman–Crippen LogP) is 4.30. The number of hydrogen-bond acceptors (Lipinski definition) is 6. The summed E-state index contributed by atoms with van der Waals surface area (Å²) in [5.74, 6) is -0.477. The van der Waals surface area contributed by atoms with Gasteiger partial charge in [0.1, 0.15) is 0 Å². The Kier molecular flexibility index (Phi) is 7.57. The van der Waals surface area contributed by atoms with E-state index in [0.717, 1.165) is 29.9 Å². The van der Waals surface area contributed by atoms with Gasteiger partial charge >= 0.3 is 5.97 Å². The van der Waals surface area contributed by atoms with E-state index in [2.05, 4.69) is 35.9 Å². The molecule has 1 atom stereocenters. The fourth-order valence-corrected chi connectivity index (χ4v) is 5.45. The van der Waals surface area contributed by atoms with Crippen LogP contribution < -0.4 is 19.8 Å². The first-order valence-corrected chi connectivity index (χ1v) is 12.9. The number of aromatic nitrogens is 1. The monoisotopic (exact) mass is 509 g/mol. The molecule has 0 fully saturated rings. The number of fused-ring (bicyclic) bond motifs is 1. The molecule has 0 spiro atoms. The van der Waals surface area contributed by atoms with E-state index in [1.54, 1.807) is 30.5 Å². The first-order chi connectivity index (χ1) is 16.9. The summed E-state index contributed by atoms with van der Waals surface area (Å²) >= 11 is 7.42. The summed E-state index contributed by atoms with van der Waals surface area (Å²) < 4.78 is 7.47. The van der Waals surface area contributed by atoms with Crippen LogP contribution in [0.15, 0.2) is 69.6 Å². The maximum absolute atomic E-state index is 13.6. The third-order valence-corrected chi connectivity index (χ3v) is 7.26. The maximum Gasteiger partial charge on any atom is 0.338 e. The summed E-state index contributed by atoms with van der Waals surface area (Å²) in [6.07, 6.45) is 1.87. The molecule has 0 amide bonds. The Bertz CT molecular complexity index is 1430. The Morgan fingerprint density at radius 3 is 2.37 bits per heavy atom. The number of anilines is 1. The summed E-state index contributed by atoms with van der Waals surface area (Å²) in [6.45, 7) is 9.88. The van der Waals surface area contributed by atoms with Crippen molar-refractivity contribution in [2.24, 2.45) is 4.99 Å². The summed E-state index contributed by atoms with van der Waals surface area (Å²) in [7, 11) is 0. The molecule has 1 aliphatic heterocycles. The van der Waals surface area contributed by atoms with Crippen LogP contribution in [0.3, 0.4) is 0 Å². The van der Waals surface area contributed by atoms with Crippen LogP contribution in [0.25, 0.3) is 6.08 Å². The number of thiazole rings is 1. The number of rotatable bonds is 7. The smallest absolute Gasteiger partial charge is 0.338 e. The highest BCUT2D eigenvalue weighted by Crippen LogP contribution is 2.31. The van der Waals surface area contributed by atoms with Crippen molar-refractivity contribution in [1.29, 1.82) is 0 Å². The largest absolute Gasteiger partial charge is 0.463 e. The summed E-state index contributed by atoms with van der Waals surface area (Å²) in [6, 6.07) is 14.7. The molecule has 2 heterocycles. The standard InChI is InChI=1S/C27H28ClN3O3S/c1-5-30(6-2)21-14-8-18(9-15-21)16-22-25(32)31-24(19-10-12-20(28)13-11-19)23(26(33)34-7-3)17(4)29-27(31)35-22/h8-16,24H,5-7H2,1-4H3/b22-16+/t24-/m0/s1. The molecule has 35 heavy (non-hydrogen) atoms. The van der Waals surface area contributed by atoms with Crippen LogP contribution in [0.1, 0.15) is 44.9 Å². The SMILES string of the molecule is CCOC(=O)C1=C(C)N=c2s/c(=C/c3ccc(N(CC)CC)cc3)c(=O)n2[C@H]1c1ccc(Cl)cc1. The zero-order chi connectivity index (χ0) is 25.1. The Labute approximate surface area is 213 Å². The quantitative estimate of drug-likeness (QED) is 0.445. The van der Waals surface area contributed by atoms with Crippen LogP contribution in [0, 0.1) is 0 Å². The van der Waals surface area contributed by atoms with Gasteiger partial charge in [0.15, 0.2) is 4.80 Å². The van der Waals surface area contributed by atoms with Gasteiger partial charge in [0.2, 0.25) is 0 Å². The second-order valence-electron chi connectivity index (χ2n) is 8.12. The number of carbonyl (C=O) groups excluding carboxylic acids is 1. The average molecular weight is 510 g/mol. The Morgan fingerprint density at radius 2 is 1.77 bits per heavy atom. The molecule has 0 saturated carbocycles. The fourth-order valence-electron chi connectivity index (χ4n) is 4.27. The number of carbonyl (C=O) groups is 1. The highest BCUT2D eigenvalue weighted by atomic mass is 35.5. The second kappa shape index (κ2) is 10.6. The van der Waals surface area contributed by atoms with E-state index >= 15 is 0 Å². The van der Waals surface area contributed by atoms with Crippen LogP contribution in [0.2, 0.25) is 5.02 Å². The maximum atomic E-state index is 13.6. The Morgan fingerprint density at radius 1 is 1.11 bits per heavy atom. The zero-order valence-electron chi connectivity index (χ0n) is 20.2. The van der Waals surface area contributed by atoms with Gasteiger partial charge in [0.05, 0.1) is 28.5 Å². The van der Waals surface area contributed by atoms with Crippen molar-refractivity contribution in [2.75, 3.05) is 24.6 Å². The number of esters is 1. The number of hydrogen-bond donors (Lipinski definition) is 0. The zero-order valence-corrected chi connectivity index (χ0v) is 21.8. The van der Waals surface area contributed by atoms with Crippen molar-refractivity contribution >= 4 is 40.7 Å². The van der Waals surface area contributed by atoms with Gasteiger partial charge in [-0.05, 0) is 69.2 Å². The number of allylic oxidation sites excluding steroid dienone is 1. The van der Waals surface area contributed by atoms with Crippen molar-refractivity contribution in [3.05, 3.63) is 95.6 Å². The molecule has 0 N–H and O–H groups in total. The van der Waals surface area contributed by atoms with Crippen LogP contribution in [0.5, 0.6) is 0 Å². The van der Waals surface area contributed by atoms with Gasteiger partial charge in [0, 0.05) is 23.8 Å². The third kappa shape index (κ3) is 4.97. The molecule has 0 radical (unpaired) electrons. The fraction of sp³-hybridized carbons (Fsp3) is 0.296. The molecule has 6 nitrogen and oxygen atoms in total. The van der Waals surface area contributed by atoms with Gasteiger partial charge in [-0.2, -0.15) is 0 Å². The van der Waals surface area contributed by atoms with Crippen molar-refractivity contribution in [2.45, 2.75) is 33.7 Å². The third-order valence-electron chi connectivity index (χ3n) is 6.02. The van der Waals surface area contributed by atoms with E-state index in [1.807, 2.05) is 30.3 Å².